The van der Waals surface area contributed by atoms with Gasteiger partial charge in [0.2, 0.25) is 0 Å². The van der Waals surface area contributed by atoms with Gasteiger partial charge in [0, 0.05) is 11.5 Å². The molecule has 1 aromatic rings. The fourth-order valence-corrected chi connectivity index (χ4v) is 2.46. The maximum absolute atomic E-state index is 12.0. The summed E-state index contributed by atoms with van der Waals surface area (Å²) in [5.41, 5.74) is 0.555. The van der Waals surface area contributed by atoms with Gasteiger partial charge in [0.05, 0.1) is 0 Å². The van der Waals surface area contributed by atoms with Gasteiger partial charge in [-0.3, -0.25) is 4.79 Å². The summed E-state index contributed by atoms with van der Waals surface area (Å²) < 4.78 is 5.19. The first kappa shape index (κ1) is 11.0. The summed E-state index contributed by atoms with van der Waals surface area (Å²) in [6.07, 6.45) is 4.48. The van der Waals surface area contributed by atoms with E-state index in [1.165, 1.54) is 0 Å². The summed E-state index contributed by atoms with van der Waals surface area (Å²) in [5.74, 6) is -0.520. The van der Waals surface area contributed by atoms with Crippen LogP contribution >= 0.6 is 0 Å². The van der Waals surface area contributed by atoms with E-state index in [4.69, 9.17) is 4.74 Å². The molecule has 1 aliphatic heterocycles. The second kappa shape index (κ2) is 4.29. The van der Waals surface area contributed by atoms with E-state index >= 15 is 0 Å². The van der Waals surface area contributed by atoms with Crippen LogP contribution in [0.25, 0.3) is 0 Å². The van der Waals surface area contributed by atoms with Crippen LogP contribution in [0.1, 0.15) is 16.8 Å². The molecule has 3 rings (SSSR count). The van der Waals surface area contributed by atoms with Gasteiger partial charge in [-0.25, -0.2) is 4.79 Å². The van der Waals surface area contributed by atoms with E-state index in [2.05, 4.69) is 5.32 Å². The molecule has 1 aliphatic carbocycles. The largest absolute Gasteiger partial charge is 0.456 e. The Hall–Kier alpha value is -2.10. The first-order chi connectivity index (χ1) is 8.75. The van der Waals surface area contributed by atoms with E-state index in [0.717, 1.165) is 6.42 Å². The van der Waals surface area contributed by atoms with Crippen molar-refractivity contribution < 1.29 is 14.3 Å². The van der Waals surface area contributed by atoms with E-state index < -0.39 is 6.04 Å². The van der Waals surface area contributed by atoms with Gasteiger partial charge in [-0.05, 0) is 24.6 Å². The number of amides is 1. The molecular weight excluding hydrogens is 230 g/mol. The SMILES string of the molecule is O=C(N[C@H]1C(=O)O[C@@H]2C=CC[C@@H]21)c1ccccc1. The lowest BCUT2D eigenvalue weighted by atomic mass is 9.98. The molecule has 0 bridgehead atoms. The Morgan fingerprint density at radius 2 is 2.06 bits per heavy atom. The predicted octanol–water partition coefficient (Wildman–Crippen LogP) is 1.29. The van der Waals surface area contributed by atoms with Crippen molar-refractivity contribution in [2.75, 3.05) is 0 Å². The molecule has 1 fully saturated rings. The first-order valence-corrected chi connectivity index (χ1v) is 5.99. The lowest BCUT2D eigenvalue weighted by molar-refractivity contribution is -0.141. The topological polar surface area (TPSA) is 55.4 Å². The maximum atomic E-state index is 12.0. The standard InChI is InChI=1S/C14H13NO3/c16-13(9-5-2-1-3-6-9)15-12-10-7-4-8-11(10)18-14(12)17/h1-6,8,10-12H,7H2,(H,15,16)/t10-,11+,12+/m0/s1. The zero-order valence-corrected chi connectivity index (χ0v) is 9.71. The Morgan fingerprint density at radius 1 is 1.28 bits per heavy atom. The van der Waals surface area contributed by atoms with E-state index in [0.29, 0.717) is 5.56 Å². The van der Waals surface area contributed by atoms with Gasteiger partial charge in [-0.1, -0.05) is 24.3 Å². The van der Waals surface area contributed by atoms with E-state index in [1.807, 2.05) is 18.2 Å². The molecule has 3 atom stereocenters. The summed E-state index contributed by atoms with van der Waals surface area (Å²) in [6, 6.07) is 8.35. The van der Waals surface area contributed by atoms with Crippen molar-refractivity contribution in [2.45, 2.75) is 18.6 Å². The van der Waals surface area contributed by atoms with E-state index in [-0.39, 0.29) is 23.9 Å². The molecule has 1 N–H and O–H groups in total. The van der Waals surface area contributed by atoms with E-state index in [1.54, 1.807) is 24.3 Å². The van der Waals surface area contributed by atoms with Crippen molar-refractivity contribution in [3.8, 4) is 0 Å². The van der Waals surface area contributed by atoms with Crippen LogP contribution in [0.2, 0.25) is 0 Å². The number of carbonyl (C=O) groups excluding carboxylic acids is 2. The molecule has 2 aliphatic rings. The van der Waals surface area contributed by atoms with Gasteiger partial charge >= 0.3 is 5.97 Å². The monoisotopic (exact) mass is 243 g/mol. The minimum absolute atomic E-state index is 0.0464. The van der Waals surface area contributed by atoms with Gasteiger partial charge in [0.1, 0.15) is 12.1 Å². The average Bonchev–Trinajstić information content (AvgIpc) is 2.94. The maximum Gasteiger partial charge on any atom is 0.329 e. The molecule has 0 unspecified atom stereocenters. The van der Waals surface area contributed by atoms with Crippen LogP contribution in [0.15, 0.2) is 42.5 Å². The molecular formula is C14H13NO3. The first-order valence-electron chi connectivity index (χ1n) is 5.99. The highest BCUT2D eigenvalue weighted by Crippen LogP contribution is 2.32. The highest BCUT2D eigenvalue weighted by atomic mass is 16.6. The Kier molecular flexibility index (Phi) is 2.63. The van der Waals surface area contributed by atoms with Crippen molar-refractivity contribution in [2.24, 2.45) is 5.92 Å². The Balaban J connectivity index is 1.73. The molecule has 18 heavy (non-hydrogen) atoms. The second-order valence-corrected chi connectivity index (χ2v) is 4.55. The summed E-state index contributed by atoms with van der Waals surface area (Å²) >= 11 is 0. The van der Waals surface area contributed by atoms with Crippen LogP contribution in [-0.2, 0) is 9.53 Å². The minimum atomic E-state index is -0.530. The Morgan fingerprint density at radius 3 is 2.83 bits per heavy atom. The smallest absolute Gasteiger partial charge is 0.329 e. The molecule has 4 nitrogen and oxygen atoms in total. The molecule has 1 saturated heterocycles. The lowest BCUT2D eigenvalue weighted by Gasteiger charge is -2.15. The quantitative estimate of drug-likeness (QED) is 0.629. The molecule has 0 aromatic heterocycles. The van der Waals surface area contributed by atoms with Crippen molar-refractivity contribution in [1.29, 1.82) is 0 Å². The molecule has 0 spiro atoms. The summed E-state index contributed by atoms with van der Waals surface area (Å²) in [7, 11) is 0. The number of rotatable bonds is 2. The highest BCUT2D eigenvalue weighted by molar-refractivity contribution is 5.97. The molecule has 4 heteroatoms. The molecule has 0 radical (unpaired) electrons. The molecule has 1 heterocycles. The van der Waals surface area contributed by atoms with Gasteiger partial charge in [-0.15, -0.1) is 0 Å². The number of benzene rings is 1. The van der Waals surface area contributed by atoms with Gasteiger partial charge in [0.15, 0.2) is 0 Å². The Labute approximate surface area is 105 Å². The van der Waals surface area contributed by atoms with Gasteiger partial charge in [0.25, 0.3) is 5.91 Å². The summed E-state index contributed by atoms with van der Waals surface area (Å²) in [5, 5.41) is 2.76. The molecule has 1 amide bonds. The second-order valence-electron chi connectivity index (χ2n) is 4.55. The molecule has 92 valence electrons. The summed E-state index contributed by atoms with van der Waals surface area (Å²) in [4.78, 5) is 23.7. The van der Waals surface area contributed by atoms with Crippen LogP contribution in [0.3, 0.4) is 0 Å². The number of allylic oxidation sites excluding steroid dienone is 1. The van der Waals surface area contributed by atoms with E-state index in [9.17, 15) is 9.59 Å². The number of carbonyl (C=O) groups is 2. The summed E-state index contributed by atoms with van der Waals surface area (Å²) in [6.45, 7) is 0. The fraction of sp³-hybridized carbons (Fsp3) is 0.286. The van der Waals surface area contributed by atoms with Crippen LogP contribution in [0.5, 0.6) is 0 Å². The van der Waals surface area contributed by atoms with Crippen molar-refractivity contribution in [3.05, 3.63) is 48.0 Å². The Bertz CT molecular complexity index is 509. The third-order valence-electron chi connectivity index (χ3n) is 3.41. The van der Waals surface area contributed by atoms with Crippen LogP contribution < -0.4 is 5.32 Å². The number of hydrogen-bond acceptors (Lipinski definition) is 3. The molecule has 0 saturated carbocycles. The number of fused-ring (bicyclic) bond motifs is 1. The number of esters is 1. The number of nitrogens with one attached hydrogen (secondary N) is 1. The zero-order valence-electron chi connectivity index (χ0n) is 9.71. The third kappa shape index (κ3) is 1.79. The highest BCUT2D eigenvalue weighted by Gasteiger charge is 2.45. The van der Waals surface area contributed by atoms with Crippen LogP contribution in [-0.4, -0.2) is 24.0 Å². The lowest BCUT2D eigenvalue weighted by Crippen LogP contribution is -2.42. The third-order valence-corrected chi connectivity index (χ3v) is 3.41. The zero-order chi connectivity index (χ0) is 12.5. The van der Waals surface area contributed by atoms with Gasteiger partial charge < -0.3 is 10.1 Å². The minimum Gasteiger partial charge on any atom is -0.456 e. The van der Waals surface area contributed by atoms with Crippen LogP contribution in [0.4, 0.5) is 0 Å². The van der Waals surface area contributed by atoms with Crippen molar-refractivity contribution >= 4 is 11.9 Å². The van der Waals surface area contributed by atoms with Crippen molar-refractivity contribution in [1.82, 2.24) is 5.32 Å². The number of hydrogen-bond donors (Lipinski definition) is 1. The van der Waals surface area contributed by atoms with Crippen molar-refractivity contribution in [3.63, 3.8) is 0 Å². The number of ether oxygens (including phenoxy) is 1. The average molecular weight is 243 g/mol. The normalized spacial score (nSPS) is 28.9. The fourth-order valence-electron chi connectivity index (χ4n) is 2.46. The predicted molar refractivity (Wildman–Crippen MR) is 64.8 cm³/mol. The van der Waals surface area contributed by atoms with Gasteiger partial charge in [-0.2, -0.15) is 0 Å². The van der Waals surface area contributed by atoms with Crippen LogP contribution in [0, 0.1) is 5.92 Å². The molecule has 1 aromatic carbocycles.